The highest BCUT2D eigenvalue weighted by Crippen LogP contribution is 2.22. The Hall–Kier alpha value is -2.87. The lowest BCUT2D eigenvalue weighted by Gasteiger charge is -2.07. The molecule has 2 aromatic heterocycles. The molecule has 0 bridgehead atoms. The van der Waals surface area contributed by atoms with Crippen LogP contribution in [0.4, 0.5) is 0 Å². The van der Waals surface area contributed by atoms with E-state index in [1.54, 1.807) is 10.5 Å². The Morgan fingerprint density at radius 3 is 2.58 bits per heavy atom. The Balaban J connectivity index is 1.65. The van der Waals surface area contributed by atoms with Gasteiger partial charge in [0.1, 0.15) is 12.4 Å². The van der Waals surface area contributed by atoms with Crippen LogP contribution in [0.5, 0.6) is 5.75 Å². The SMILES string of the molecule is Cc1cccc(OCCS(=O)(=O)c2nnc3n(C)c4ccccc4n23)c1. The fraction of sp³-hybridized carbons (Fsp3) is 0.222. The van der Waals surface area contributed by atoms with Gasteiger partial charge in [0.05, 0.1) is 16.8 Å². The van der Waals surface area contributed by atoms with Crippen molar-refractivity contribution >= 4 is 26.6 Å². The molecule has 7 nitrogen and oxygen atoms in total. The molecule has 0 radical (unpaired) electrons. The van der Waals surface area contributed by atoms with E-state index in [4.69, 9.17) is 4.74 Å². The summed E-state index contributed by atoms with van der Waals surface area (Å²) in [5, 5.41) is 7.92. The number of aryl methyl sites for hydroxylation is 2. The summed E-state index contributed by atoms with van der Waals surface area (Å²) in [7, 11) is -1.81. The number of ether oxygens (including phenoxy) is 1. The second-order valence-corrected chi connectivity index (χ2v) is 8.15. The van der Waals surface area contributed by atoms with Gasteiger partial charge in [-0.1, -0.05) is 24.3 Å². The number of hydrogen-bond acceptors (Lipinski definition) is 5. The van der Waals surface area contributed by atoms with Gasteiger partial charge in [0.25, 0.3) is 5.16 Å². The van der Waals surface area contributed by atoms with Crippen LogP contribution in [-0.2, 0) is 16.9 Å². The summed E-state index contributed by atoms with van der Waals surface area (Å²) in [6, 6.07) is 15.0. The van der Waals surface area contributed by atoms with Crippen LogP contribution in [0.1, 0.15) is 5.56 Å². The zero-order valence-corrected chi connectivity index (χ0v) is 15.3. The van der Waals surface area contributed by atoms with Crippen LogP contribution in [-0.4, -0.2) is 39.9 Å². The van der Waals surface area contributed by atoms with Gasteiger partial charge in [0.2, 0.25) is 15.6 Å². The van der Waals surface area contributed by atoms with Crippen molar-refractivity contribution in [2.24, 2.45) is 7.05 Å². The molecular weight excluding hydrogens is 352 g/mol. The molecule has 0 fully saturated rings. The Morgan fingerprint density at radius 2 is 1.81 bits per heavy atom. The molecule has 4 rings (SSSR count). The third kappa shape index (κ3) is 2.72. The first-order chi connectivity index (χ1) is 12.5. The molecule has 0 N–H and O–H groups in total. The van der Waals surface area contributed by atoms with Gasteiger partial charge < -0.3 is 9.30 Å². The number of nitrogens with zero attached hydrogens (tertiary/aromatic N) is 4. The van der Waals surface area contributed by atoms with Crippen molar-refractivity contribution < 1.29 is 13.2 Å². The molecule has 26 heavy (non-hydrogen) atoms. The highest BCUT2D eigenvalue weighted by atomic mass is 32.2. The van der Waals surface area contributed by atoms with E-state index in [1.165, 1.54) is 0 Å². The van der Waals surface area contributed by atoms with Gasteiger partial charge in [0.15, 0.2) is 0 Å². The Morgan fingerprint density at radius 1 is 1.04 bits per heavy atom. The molecule has 0 atom stereocenters. The van der Waals surface area contributed by atoms with Crippen molar-refractivity contribution in [3.8, 4) is 5.75 Å². The highest BCUT2D eigenvalue weighted by Gasteiger charge is 2.25. The highest BCUT2D eigenvalue weighted by molar-refractivity contribution is 7.91. The number of rotatable bonds is 5. The maximum Gasteiger partial charge on any atom is 0.256 e. The van der Waals surface area contributed by atoms with E-state index in [9.17, 15) is 8.42 Å². The van der Waals surface area contributed by atoms with E-state index in [0.717, 1.165) is 16.6 Å². The molecule has 8 heteroatoms. The first-order valence-electron chi connectivity index (χ1n) is 8.18. The molecule has 0 amide bonds. The van der Waals surface area contributed by atoms with Crippen molar-refractivity contribution in [2.75, 3.05) is 12.4 Å². The summed E-state index contributed by atoms with van der Waals surface area (Å²) in [5.74, 6) is 0.964. The van der Waals surface area contributed by atoms with Crippen LogP contribution < -0.4 is 4.74 Å². The molecule has 0 aliphatic carbocycles. The van der Waals surface area contributed by atoms with Gasteiger partial charge in [-0.25, -0.2) is 12.8 Å². The van der Waals surface area contributed by atoms with E-state index in [0.29, 0.717) is 11.5 Å². The van der Waals surface area contributed by atoms with Gasteiger partial charge in [-0.15, -0.1) is 10.2 Å². The average Bonchev–Trinajstić information content (AvgIpc) is 3.16. The number of aromatic nitrogens is 4. The molecule has 0 saturated heterocycles. The van der Waals surface area contributed by atoms with Gasteiger partial charge in [-0.3, -0.25) is 0 Å². The van der Waals surface area contributed by atoms with E-state index in [-0.39, 0.29) is 17.5 Å². The van der Waals surface area contributed by atoms with Crippen molar-refractivity contribution in [1.82, 2.24) is 19.2 Å². The first-order valence-corrected chi connectivity index (χ1v) is 9.83. The monoisotopic (exact) mass is 370 g/mol. The summed E-state index contributed by atoms with van der Waals surface area (Å²) in [4.78, 5) is 0. The minimum Gasteiger partial charge on any atom is -0.493 e. The van der Waals surface area contributed by atoms with Gasteiger partial charge in [0, 0.05) is 7.05 Å². The van der Waals surface area contributed by atoms with E-state index in [1.807, 2.05) is 61.0 Å². The van der Waals surface area contributed by atoms with Crippen molar-refractivity contribution in [3.05, 3.63) is 54.1 Å². The number of para-hydroxylation sites is 2. The quantitative estimate of drug-likeness (QED) is 0.539. The molecular formula is C18H18N4O3S. The van der Waals surface area contributed by atoms with Crippen LogP contribution in [0.25, 0.3) is 16.8 Å². The lowest BCUT2D eigenvalue weighted by atomic mass is 10.2. The zero-order chi connectivity index (χ0) is 18.3. The summed E-state index contributed by atoms with van der Waals surface area (Å²) >= 11 is 0. The third-order valence-corrected chi connectivity index (χ3v) is 5.81. The van der Waals surface area contributed by atoms with Gasteiger partial charge in [-0.05, 0) is 36.8 Å². The minimum atomic E-state index is -3.65. The topological polar surface area (TPSA) is 78.5 Å². The summed E-state index contributed by atoms with van der Waals surface area (Å²) in [5.41, 5.74) is 2.71. The molecule has 0 unspecified atom stereocenters. The fourth-order valence-corrected chi connectivity index (χ4v) is 4.11. The average molecular weight is 370 g/mol. The summed E-state index contributed by atoms with van der Waals surface area (Å²) < 4.78 is 34.6. The lowest BCUT2D eigenvalue weighted by molar-refractivity contribution is 0.340. The molecule has 2 heterocycles. The number of imidazole rings is 1. The number of hydrogen-bond donors (Lipinski definition) is 0. The molecule has 0 aliphatic rings. The smallest absolute Gasteiger partial charge is 0.256 e. The van der Waals surface area contributed by atoms with Crippen molar-refractivity contribution in [2.45, 2.75) is 12.1 Å². The number of sulfone groups is 1. The number of fused-ring (bicyclic) bond motifs is 3. The lowest BCUT2D eigenvalue weighted by Crippen LogP contribution is -2.16. The second-order valence-electron chi connectivity index (χ2n) is 6.15. The summed E-state index contributed by atoms with van der Waals surface area (Å²) in [6.45, 7) is 2.00. The Kier molecular flexibility index (Phi) is 3.91. The molecule has 0 spiro atoms. The van der Waals surface area contributed by atoms with Crippen molar-refractivity contribution in [3.63, 3.8) is 0 Å². The van der Waals surface area contributed by atoms with Crippen LogP contribution in [0.15, 0.2) is 53.7 Å². The molecule has 0 aliphatic heterocycles. The van der Waals surface area contributed by atoms with Crippen molar-refractivity contribution in [1.29, 1.82) is 0 Å². The van der Waals surface area contributed by atoms with Crippen LogP contribution >= 0.6 is 0 Å². The zero-order valence-electron chi connectivity index (χ0n) is 14.5. The van der Waals surface area contributed by atoms with Crippen LogP contribution in [0.3, 0.4) is 0 Å². The number of benzene rings is 2. The fourth-order valence-electron chi connectivity index (χ4n) is 3.00. The second kappa shape index (κ2) is 6.14. The van der Waals surface area contributed by atoms with Gasteiger partial charge in [-0.2, -0.15) is 0 Å². The van der Waals surface area contributed by atoms with Crippen LogP contribution in [0, 0.1) is 6.92 Å². The molecule has 134 valence electrons. The normalized spacial score (nSPS) is 12.1. The maximum atomic E-state index is 12.8. The van der Waals surface area contributed by atoms with Crippen LogP contribution in [0.2, 0.25) is 0 Å². The Labute approximate surface area is 150 Å². The van der Waals surface area contributed by atoms with E-state index < -0.39 is 9.84 Å². The minimum absolute atomic E-state index is 0.0471. The third-order valence-electron chi connectivity index (χ3n) is 4.29. The van der Waals surface area contributed by atoms with E-state index >= 15 is 0 Å². The van der Waals surface area contributed by atoms with Gasteiger partial charge >= 0.3 is 0 Å². The van der Waals surface area contributed by atoms with E-state index in [2.05, 4.69) is 10.2 Å². The first kappa shape index (κ1) is 16.6. The maximum absolute atomic E-state index is 12.8. The summed E-state index contributed by atoms with van der Waals surface area (Å²) in [6.07, 6.45) is 0. The Bertz CT molecular complexity index is 1210. The standard InChI is InChI=1S/C18H18N4O3S/c1-13-6-5-7-14(12-13)25-10-11-26(23,24)18-20-19-17-21(2)15-8-3-4-9-16(15)22(17)18/h3-9,12H,10-11H2,1-2H3. The largest absolute Gasteiger partial charge is 0.493 e. The molecule has 0 saturated carbocycles. The molecule has 2 aromatic carbocycles. The molecule has 4 aromatic rings. The predicted molar refractivity (Wildman–Crippen MR) is 98.2 cm³/mol. The predicted octanol–water partition coefficient (Wildman–Crippen LogP) is 2.38.